The molecule has 9 fully saturated rings. The molecule has 9 aliphatic rings. The fourth-order valence-corrected chi connectivity index (χ4v) is 8.08. The first-order valence-electron chi connectivity index (χ1n) is 25.9. The molecule has 20 heteroatoms. The van der Waals surface area contributed by atoms with Crippen molar-refractivity contribution in [3.63, 3.8) is 0 Å². The molecular formula is C54H101B2N9O3Rb3Sn2Y-. The van der Waals surface area contributed by atoms with Gasteiger partial charge in [-0.1, -0.05) is 79.9 Å². The molecule has 0 unspecified atom stereocenters. The largest absolute Gasteiger partial charge is 1.00 e. The van der Waals surface area contributed by atoms with E-state index in [0.29, 0.717) is 43.2 Å². The summed E-state index contributed by atoms with van der Waals surface area (Å²) >= 11 is -1.09. The maximum absolute atomic E-state index is 7.25. The molecule has 6 bridgehead atoms. The van der Waals surface area contributed by atoms with Gasteiger partial charge >= 0.3 is 244 Å². The molecule has 3 aromatic rings. The topological polar surface area (TPSA) is 147 Å². The number of nitrogens with zero attached hydrogens (tertiary/aromatic N) is 6. The maximum Gasteiger partial charge on any atom is 1.00 e. The van der Waals surface area contributed by atoms with Gasteiger partial charge in [0.05, 0.1) is 0 Å². The van der Waals surface area contributed by atoms with E-state index in [1.54, 1.807) is 26.2 Å². The summed E-state index contributed by atoms with van der Waals surface area (Å²) in [6, 6.07) is 14.5. The SMILES string of the molecule is C.C.CB(C)B(C)C.CC[NH-].CC[NH-].Cc1ccc(O[C@H]2CN3CCC2CC3)nc1.[CH3][Sn]([CH3])[CH3].[CH3][Sn]([CH3])[CH3].[NH-]Cc1ccc(O[C@H]2CN3CCC2CC3)nc1.[Rb+].[Rb+].[Rb+].[Y].[c-]1ccc(O[C@H]2CN3CCC2CC3)nc1. The second kappa shape index (κ2) is 53.3. The van der Waals surface area contributed by atoms with Crippen molar-refractivity contribution in [2.45, 2.75) is 156 Å². The summed E-state index contributed by atoms with van der Waals surface area (Å²) in [4.78, 5) is 34.4. The third kappa shape index (κ3) is 40.2. The van der Waals surface area contributed by atoms with Crippen molar-refractivity contribution in [3.05, 3.63) is 89.4 Å². The fraction of sp³-hybridized carbons (Fsp3) is 0.722. The zero-order valence-electron chi connectivity index (χ0n) is 48.5. The molecule has 0 amide bonds. The Hall–Kier alpha value is 4.86. The molecule has 12 heterocycles. The molecule has 74 heavy (non-hydrogen) atoms. The quantitative estimate of drug-likeness (QED) is 0.241. The van der Waals surface area contributed by atoms with Crippen LogP contribution in [0.15, 0.2) is 55.0 Å². The van der Waals surface area contributed by atoms with Crippen LogP contribution in [0, 0.1) is 30.7 Å². The Kier molecular flexibility index (Phi) is 63.2. The van der Waals surface area contributed by atoms with E-state index in [-0.39, 0.29) is 229 Å². The smallest absolute Gasteiger partial charge is 0.674 e. The summed E-state index contributed by atoms with van der Waals surface area (Å²) in [7, 11) is 0. The van der Waals surface area contributed by atoms with Crippen LogP contribution in [0.1, 0.15) is 78.4 Å². The number of hydrogen-bond donors (Lipinski definition) is 0. The van der Waals surface area contributed by atoms with E-state index in [2.05, 4.69) is 98.7 Å². The molecule has 0 aromatic carbocycles. The van der Waals surface area contributed by atoms with Crippen LogP contribution in [0.2, 0.25) is 56.9 Å². The van der Waals surface area contributed by atoms with Crippen LogP contribution in [-0.2, 0) is 39.3 Å². The molecule has 0 saturated carbocycles. The van der Waals surface area contributed by atoms with Crippen molar-refractivity contribution >= 4 is 52.7 Å². The van der Waals surface area contributed by atoms with Gasteiger partial charge in [0, 0.05) is 76.9 Å². The third-order valence-electron chi connectivity index (χ3n) is 12.4. The first-order chi connectivity index (χ1) is 32.5. The Morgan fingerprint density at radius 2 is 0.865 bits per heavy atom. The Morgan fingerprint density at radius 1 is 0.554 bits per heavy atom. The first kappa shape index (κ1) is 87.6. The number of hydrogen-bond acceptors (Lipinski definition) is 9. The number of aromatic nitrogens is 3. The van der Waals surface area contributed by atoms with Gasteiger partial charge in [0.15, 0.2) is 0 Å². The Morgan fingerprint density at radius 3 is 1.08 bits per heavy atom. The number of aryl methyl sites for hydroxylation is 1. The van der Waals surface area contributed by atoms with Gasteiger partial charge in [-0.05, 0) is 108 Å². The van der Waals surface area contributed by atoms with Crippen molar-refractivity contribution in [2.24, 2.45) is 17.8 Å². The zero-order chi connectivity index (χ0) is 50.4. The summed E-state index contributed by atoms with van der Waals surface area (Å²) < 4.78 is 17.9. The Labute approximate surface area is 643 Å². The van der Waals surface area contributed by atoms with Gasteiger partial charge in [-0.2, -0.15) is 13.1 Å². The Bertz CT molecular complexity index is 1660. The molecule has 0 spiro atoms. The molecule has 12 nitrogen and oxygen atoms in total. The van der Waals surface area contributed by atoms with Crippen LogP contribution in [0.4, 0.5) is 0 Å². The number of ether oxygens (including phenoxy) is 3. The predicted molar refractivity (Wildman–Crippen MR) is 310 cm³/mol. The second-order valence-electron chi connectivity index (χ2n) is 20.5. The van der Waals surface area contributed by atoms with Crippen LogP contribution >= 0.6 is 0 Å². The summed E-state index contributed by atoms with van der Waals surface area (Å²) in [5, 5.41) is 0. The molecule has 9 aliphatic heterocycles. The van der Waals surface area contributed by atoms with E-state index in [0.717, 1.165) is 62.0 Å². The summed E-state index contributed by atoms with van der Waals surface area (Å²) in [6.07, 6.45) is 14.0. The number of pyridine rings is 3. The Balaban J connectivity index is -0.000000264. The molecular weight excluding hydrogens is 1430 g/mol. The summed E-state index contributed by atoms with van der Waals surface area (Å²) in [5.41, 5.74) is 21.8. The summed E-state index contributed by atoms with van der Waals surface area (Å²) in [5.74, 6) is 4.42. The molecule has 401 valence electrons. The average Bonchev–Trinajstić information content (AvgIpc) is 3.32. The molecule has 0 aliphatic carbocycles. The van der Waals surface area contributed by atoms with Gasteiger partial charge in [0.1, 0.15) is 37.4 Å². The van der Waals surface area contributed by atoms with Crippen LogP contribution in [0.3, 0.4) is 0 Å². The number of fused-ring (bicyclic) bond motifs is 9. The predicted octanol–water partition coefficient (Wildman–Crippen LogP) is 4.04. The molecule has 3 atom stereocenters. The van der Waals surface area contributed by atoms with Gasteiger partial charge in [-0.15, -0.1) is 12.6 Å². The van der Waals surface area contributed by atoms with E-state index in [9.17, 15) is 0 Å². The maximum atomic E-state index is 7.25. The molecule has 12 rings (SSSR count). The zero-order valence-corrected chi connectivity index (χ0v) is 71.8. The normalized spacial score (nSPS) is 23.3. The molecule has 9 saturated heterocycles. The first-order valence-corrected chi connectivity index (χ1v) is 43.0. The van der Waals surface area contributed by atoms with Gasteiger partial charge in [0.2, 0.25) is 11.8 Å². The van der Waals surface area contributed by atoms with Crippen molar-refractivity contribution in [2.75, 3.05) is 72.0 Å². The van der Waals surface area contributed by atoms with E-state index in [1.165, 1.54) is 83.4 Å². The third-order valence-corrected chi connectivity index (χ3v) is 12.4. The van der Waals surface area contributed by atoms with Crippen molar-refractivity contribution in [1.82, 2.24) is 29.7 Å². The fourth-order valence-electron chi connectivity index (χ4n) is 8.08. The minimum Gasteiger partial charge on any atom is -0.674 e. The minimum atomic E-state index is -0.543. The van der Waals surface area contributed by atoms with Gasteiger partial charge in [-0.3, -0.25) is 19.7 Å². The summed E-state index contributed by atoms with van der Waals surface area (Å²) in [6.45, 7) is 28.3. The average molecular weight is 1530 g/mol. The van der Waals surface area contributed by atoms with E-state index < -0.39 is 39.5 Å². The number of rotatable bonds is 8. The standard InChI is InChI=1S/C13H18N3O.C13H18N2O.C12H15N2O.C4H12B2.2C2H6N.2CH4.6CH3.3Rb.2Sn.Y/c14-7-10-1-2-13(15-8-10)17-12-9-16-5-3-11(12)4-6-16;1-10-2-3-13(14-8-10)16-12-9-15-6-4-11(12)5-7-15;1-2-6-13-12(3-1)15-11-9-14-7-4-10(11)5-8-14;1-5(2)6(3)4;2*1-2-3;;;;;;;;;;;;;;/h1-2,8,11-12,14H,3-7,9H2;2-3,8,11-12H,4-7,9H2,1H3;1,3,6,10-11H,4-5,7-9H2;1-4H3;2*3H,2H2,1H3;2*1H4;6*1H3;;;;;;/q-1;;-1;;2*-1;;;;;;;;;3*+1;;;/t2*12-;11-;;;;;;;;;;;;;;;;;/m000................./s1. The monoisotopic (exact) mass is 1530 g/mol. The van der Waals surface area contributed by atoms with Crippen LogP contribution in [-0.4, -0.2) is 173 Å². The van der Waals surface area contributed by atoms with Crippen LogP contribution < -0.4 is 189 Å². The van der Waals surface area contributed by atoms with E-state index >= 15 is 0 Å². The molecule has 3 N–H and O–H groups in total. The van der Waals surface area contributed by atoms with E-state index in [4.69, 9.17) is 31.4 Å². The van der Waals surface area contributed by atoms with E-state index in [1.807, 2.05) is 43.5 Å². The minimum absolute atomic E-state index is 0. The van der Waals surface area contributed by atoms with Crippen molar-refractivity contribution in [1.29, 1.82) is 0 Å². The van der Waals surface area contributed by atoms with Crippen molar-refractivity contribution < 1.29 is 221 Å². The van der Waals surface area contributed by atoms with Crippen molar-refractivity contribution in [3.8, 4) is 17.6 Å². The molecule has 3 aromatic heterocycles. The van der Waals surface area contributed by atoms with Crippen LogP contribution in [0.5, 0.6) is 17.6 Å². The number of piperidine rings is 9. The number of nitrogens with one attached hydrogen (secondary N) is 3. The van der Waals surface area contributed by atoms with Gasteiger partial charge in [0.25, 0.3) is 0 Å². The second-order valence-corrected chi connectivity index (χ2v) is 37.7. The van der Waals surface area contributed by atoms with Crippen LogP contribution in [0.25, 0.3) is 17.2 Å². The van der Waals surface area contributed by atoms with Gasteiger partial charge < -0.3 is 31.4 Å². The molecule has 3 radical (unpaired) electrons. The van der Waals surface area contributed by atoms with Gasteiger partial charge in [-0.25, -0.2) is 22.1 Å².